The molecule has 0 saturated heterocycles. The topological polar surface area (TPSA) is 102 Å². The summed E-state index contributed by atoms with van der Waals surface area (Å²) in [7, 11) is 0. The predicted octanol–water partition coefficient (Wildman–Crippen LogP) is 1.18. The van der Waals surface area contributed by atoms with E-state index >= 15 is 0 Å². The highest BCUT2D eigenvalue weighted by Crippen LogP contribution is 2.25. The second-order valence-corrected chi connectivity index (χ2v) is 4.00. The average molecular weight is 248 g/mol. The molecule has 7 nitrogen and oxygen atoms in total. The van der Waals surface area contributed by atoms with Crippen LogP contribution in [0.15, 0.2) is 18.7 Å². The fourth-order valence-electron chi connectivity index (χ4n) is 1.40. The Morgan fingerprint density at radius 3 is 2.89 bits per heavy atom. The molecule has 0 aromatic carbocycles. The fourth-order valence-corrected chi connectivity index (χ4v) is 1.40. The minimum Gasteiger partial charge on any atom is -0.473 e. The lowest BCUT2D eigenvalue weighted by molar-refractivity contribution is 0.234. The number of aromatic amines is 1. The first kappa shape index (κ1) is 12.2. The number of rotatable bonds is 5. The van der Waals surface area contributed by atoms with Crippen LogP contribution in [0.2, 0.25) is 0 Å². The van der Waals surface area contributed by atoms with Gasteiger partial charge >= 0.3 is 0 Å². The summed E-state index contributed by atoms with van der Waals surface area (Å²) in [4.78, 5) is 15.2. The van der Waals surface area contributed by atoms with Gasteiger partial charge in [-0.25, -0.2) is 9.97 Å². The molecule has 0 amide bonds. The molecule has 2 aromatic rings. The van der Waals surface area contributed by atoms with E-state index in [-0.39, 0.29) is 6.10 Å². The summed E-state index contributed by atoms with van der Waals surface area (Å²) in [6, 6.07) is 0. The molecule has 0 fully saturated rings. The van der Waals surface area contributed by atoms with Crippen molar-refractivity contribution in [1.29, 1.82) is 0 Å². The SMILES string of the molecule is CC(C)Oc1ncnc(NCc2ncc[nH]2)c1N. The van der Waals surface area contributed by atoms with Crippen LogP contribution in [0.3, 0.4) is 0 Å². The number of anilines is 2. The summed E-state index contributed by atoms with van der Waals surface area (Å²) in [5.41, 5.74) is 6.33. The molecule has 2 aromatic heterocycles. The summed E-state index contributed by atoms with van der Waals surface area (Å²) >= 11 is 0. The van der Waals surface area contributed by atoms with Crippen LogP contribution in [0, 0.1) is 0 Å². The van der Waals surface area contributed by atoms with Crippen LogP contribution in [-0.2, 0) is 6.54 Å². The Labute approximate surface area is 105 Å². The maximum absolute atomic E-state index is 5.93. The van der Waals surface area contributed by atoms with Crippen molar-refractivity contribution >= 4 is 11.5 Å². The van der Waals surface area contributed by atoms with Gasteiger partial charge in [-0.2, -0.15) is 4.98 Å². The van der Waals surface area contributed by atoms with Gasteiger partial charge < -0.3 is 20.8 Å². The van der Waals surface area contributed by atoms with E-state index in [0.717, 1.165) is 5.82 Å². The van der Waals surface area contributed by atoms with Gasteiger partial charge in [0, 0.05) is 12.4 Å². The zero-order valence-electron chi connectivity index (χ0n) is 10.3. The van der Waals surface area contributed by atoms with Crippen LogP contribution in [0.1, 0.15) is 19.7 Å². The lowest BCUT2D eigenvalue weighted by Gasteiger charge is -2.13. The van der Waals surface area contributed by atoms with E-state index in [1.807, 2.05) is 13.8 Å². The number of H-pyrrole nitrogens is 1. The normalized spacial score (nSPS) is 10.6. The monoisotopic (exact) mass is 248 g/mol. The number of nitrogens with two attached hydrogens (primary N) is 1. The highest BCUT2D eigenvalue weighted by atomic mass is 16.5. The molecule has 0 bridgehead atoms. The van der Waals surface area contributed by atoms with Crippen molar-refractivity contribution in [2.75, 3.05) is 11.1 Å². The Bertz CT molecular complexity index is 496. The van der Waals surface area contributed by atoms with Gasteiger partial charge in [-0.3, -0.25) is 0 Å². The fraction of sp³-hybridized carbons (Fsp3) is 0.364. The molecule has 4 N–H and O–H groups in total. The van der Waals surface area contributed by atoms with Crippen molar-refractivity contribution in [3.63, 3.8) is 0 Å². The third-order valence-electron chi connectivity index (χ3n) is 2.17. The number of hydrogen-bond acceptors (Lipinski definition) is 6. The Hall–Kier alpha value is -2.31. The summed E-state index contributed by atoms with van der Waals surface area (Å²) in [5, 5.41) is 3.08. The lowest BCUT2D eigenvalue weighted by Crippen LogP contribution is -2.12. The molecule has 0 aliphatic carbocycles. The highest BCUT2D eigenvalue weighted by molar-refractivity contribution is 5.66. The zero-order chi connectivity index (χ0) is 13.0. The predicted molar refractivity (Wildman–Crippen MR) is 68.1 cm³/mol. The first-order chi connectivity index (χ1) is 8.66. The molecule has 0 aliphatic rings. The Kier molecular flexibility index (Phi) is 3.61. The van der Waals surface area contributed by atoms with Gasteiger partial charge in [-0.15, -0.1) is 0 Å². The van der Waals surface area contributed by atoms with Gasteiger partial charge in [0.05, 0.1) is 12.6 Å². The van der Waals surface area contributed by atoms with E-state index in [2.05, 4.69) is 25.3 Å². The minimum absolute atomic E-state index is 0.0140. The van der Waals surface area contributed by atoms with Crippen molar-refractivity contribution in [2.45, 2.75) is 26.5 Å². The number of hydrogen-bond donors (Lipinski definition) is 3. The van der Waals surface area contributed by atoms with Crippen LogP contribution < -0.4 is 15.8 Å². The van der Waals surface area contributed by atoms with E-state index in [1.54, 1.807) is 12.4 Å². The Balaban J connectivity index is 2.08. The molecule has 0 atom stereocenters. The summed E-state index contributed by atoms with van der Waals surface area (Å²) in [5.74, 6) is 1.73. The third-order valence-corrected chi connectivity index (χ3v) is 2.17. The van der Waals surface area contributed by atoms with Gasteiger partial charge in [-0.05, 0) is 13.8 Å². The molecule has 0 saturated carbocycles. The van der Waals surface area contributed by atoms with Crippen molar-refractivity contribution < 1.29 is 4.74 Å². The zero-order valence-corrected chi connectivity index (χ0v) is 10.3. The number of imidazole rings is 1. The van der Waals surface area contributed by atoms with Gasteiger partial charge in [0.15, 0.2) is 5.82 Å². The molecule has 0 unspecified atom stereocenters. The quantitative estimate of drug-likeness (QED) is 0.734. The summed E-state index contributed by atoms with van der Waals surface area (Å²) < 4.78 is 5.48. The van der Waals surface area contributed by atoms with Crippen LogP contribution in [0.25, 0.3) is 0 Å². The van der Waals surface area contributed by atoms with Gasteiger partial charge in [0.2, 0.25) is 5.88 Å². The molecule has 2 heterocycles. The standard InChI is InChI=1S/C11H16N6O/c1-7(2)18-11-9(12)10(16-6-17-11)15-5-8-13-3-4-14-8/h3-4,6-7H,5,12H2,1-2H3,(H,13,14)(H,15,16,17). The van der Waals surface area contributed by atoms with Crippen molar-refractivity contribution in [3.05, 3.63) is 24.5 Å². The highest BCUT2D eigenvalue weighted by Gasteiger charge is 2.10. The second-order valence-electron chi connectivity index (χ2n) is 4.00. The average Bonchev–Trinajstić information content (AvgIpc) is 2.83. The Morgan fingerprint density at radius 2 is 2.22 bits per heavy atom. The maximum atomic E-state index is 5.93. The largest absolute Gasteiger partial charge is 0.473 e. The first-order valence-corrected chi connectivity index (χ1v) is 5.66. The van der Waals surface area contributed by atoms with Gasteiger partial charge in [0.1, 0.15) is 17.8 Å². The van der Waals surface area contributed by atoms with E-state index in [1.165, 1.54) is 6.33 Å². The van der Waals surface area contributed by atoms with Gasteiger partial charge in [0.25, 0.3) is 0 Å². The van der Waals surface area contributed by atoms with Crippen LogP contribution in [0.4, 0.5) is 11.5 Å². The number of ether oxygens (including phenoxy) is 1. The molecular formula is C11H16N6O. The van der Waals surface area contributed by atoms with Crippen molar-refractivity contribution in [1.82, 2.24) is 19.9 Å². The smallest absolute Gasteiger partial charge is 0.242 e. The number of nitrogens with one attached hydrogen (secondary N) is 2. The molecule has 0 aliphatic heterocycles. The number of nitrogen functional groups attached to an aromatic ring is 1. The molecule has 0 radical (unpaired) electrons. The first-order valence-electron chi connectivity index (χ1n) is 5.66. The molecule has 18 heavy (non-hydrogen) atoms. The molecule has 7 heteroatoms. The van der Waals surface area contributed by atoms with Crippen molar-refractivity contribution in [2.24, 2.45) is 0 Å². The minimum atomic E-state index is 0.0140. The third kappa shape index (κ3) is 2.88. The van der Waals surface area contributed by atoms with E-state index in [9.17, 15) is 0 Å². The molecule has 0 spiro atoms. The van der Waals surface area contributed by atoms with Crippen molar-refractivity contribution in [3.8, 4) is 5.88 Å². The summed E-state index contributed by atoms with van der Waals surface area (Å²) in [6.45, 7) is 4.34. The Morgan fingerprint density at radius 1 is 1.39 bits per heavy atom. The van der Waals surface area contributed by atoms with Gasteiger partial charge in [-0.1, -0.05) is 0 Å². The summed E-state index contributed by atoms with van der Waals surface area (Å²) in [6.07, 6.45) is 4.87. The number of aromatic nitrogens is 4. The molecular weight excluding hydrogens is 232 g/mol. The lowest BCUT2D eigenvalue weighted by atomic mass is 10.4. The van der Waals surface area contributed by atoms with Crippen LogP contribution >= 0.6 is 0 Å². The molecule has 96 valence electrons. The number of nitrogens with zero attached hydrogens (tertiary/aromatic N) is 3. The van der Waals surface area contributed by atoms with E-state index in [0.29, 0.717) is 23.9 Å². The van der Waals surface area contributed by atoms with Crippen LogP contribution in [0.5, 0.6) is 5.88 Å². The van der Waals surface area contributed by atoms with E-state index < -0.39 is 0 Å². The van der Waals surface area contributed by atoms with E-state index in [4.69, 9.17) is 10.5 Å². The molecule has 2 rings (SSSR count). The maximum Gasteiger partial charge on any atom is 0.242 e. The second kappa shape index (κ2) is 5.35. The van der Waals surface area contributed by atoms with Crippen LogP contribution in [-0.4, -0.2) is 26.0 Å².